The van der Waals surface area contributed by atoms with Gasteiger partial charge in [-0.2, -0.15) is 0 Å². The van der Waals surface area contributed by atoms with E-state index in [1.807, 2.05) is 30.3 Å². The second-order valence-electron chi connectivity index (χ2n) is 13.5. The zero-order valence-corrected chi connectivity index (χ0v) is 28.8. The van der Waals surface area contributed by atoms with Crippen molar-refractivity contribution in [2.45, 2.75) is 124 Å². The van der Waals surface area contributed by atoms with E-state index in [1.54, 1.807) is 69.2 Å². The van der Waals surface area contributed by atoms with E-state index in [-0.39, 0.29) is 12.5 Å². The maximum Gasteiger partial charge on any atom is 0.408 e. The van der Waals surface area contributed by atoms with Crippen LogP contribution in [0.15, 0.2) is 30.3 Å². The number of amides is 4. The molecule has 46 heavy (non-hydrogen) atoms. The van der Waals surface area contributed by atoms with Gasteiger partial charge in [0.2, 0.25) is 17.7 Å². The zero-order valence-electron chi connectivity index (χ0n) is 28.8. The highest BCUT2D eigenvalue weighted by molar-refractivity contribution is 5.96. The van der Waals surface area contributed by atoms with Gasteiger partial charge in [0.15, 0.2) is 6.04 Å². The maximum absolute atomic E-state index is 14.2. The van der Waals surface area contributed by atoms with Crippen LogP contribution >= 0.6 is 0 Å². The van der Waals surface area contributed by atoms with E-state index in [4.69, 9.17) is 18.9 Å². The molecule has 1 aromatic rings. The molecule has 0 radical (unpaired) electrons. The number of nitrogens with zero attached hydrogens (tertiary/aromatic N) is 2. The van der Waals surface area contributed by atoms with Crippen LogP contribution in [-0.2, 0) is 44.7 Å². The van der Waals surface area contributed by atoms with Crippen LogP contribution in [0.1, 0.15) is 74.8 Å². The normalized spacial score (nSPS) is 24.8. The quantitative estimate of drug-likeness (QED) is 0.366. The van der Waals surface area contributed by atoms with Gasteiger partial charge in [0.05, 0.1) is 19.3 Å². The first-order valence-corrected chi connectivity index (χ1v) is 15.7. The zero-order chi connectivity index (χ0) is 34.7. The van der Waals surface area contributed by atoms with Crippen molar-refractivity contribution in [3.05, 3.63) is 35.9 Å². The molecule has 4 amide bonds. The predicted octanol–water partition coefficient (Wildman–Crippen LogP) is 2.96. The number of carbonyl (C=O) groups is 5. The highest BCUT2D eigenvalue weighted by Gasteiger charge is 2.56. The van der Waals surface area contributed by atoms with Gasteiger partial charge in [-0.05, 0) is 58.9 Å². The Bertz CT molecular complexity index is 1280. The minimum Gasteiger partial charge on any atom is -0.467 e. The molecular formula is C33H50N4O9. The summed E-state index contributed by atoms with van der Waals surface area (Å²) in [6.07, 6.45) is -2.18. The van der Waals surface area contributed by atoms with E-state index in [1.165, 1.54) is 16.9 Å². The van der Waals surface area contributed by atoms with E-state index in [0.29, 0.717) is 0 Å². The number of hydrogen-bond donors (Lipinski definition) is 2. The second kappa shape index (κ2) is 14.4. The Morgan fingerprint density at radius 2 is 1.24 bits per heavy atom. The summed E-state index contributed by atoms with van der Waals surface area (Å²) in [7, 11) is 1.24. The molecule has 13 heteroatoms. The van der Waals surface area contributed by atoms with Crippen LogP contribution in [0.25, 0.3) is 0 Å². The van der Waals surface area contributed by atoms with E-state index in [0.717, 1.165) is 5.56 Å². The lowest BCUT2D eigenvalue weighted by Crippen LogP contribution is -2.64. The Balaban J connectivity index is 1.86. The predicted molar refractivity (Wildman–Crippen MR) is 168 cm³/mol. The fourth-order valence-corrected chi connectivity index (χ4v) is 6.25. The number of nitrogens with one attached hydrogen (secondary N) is 2. The summed E-state index contributed by atoms with van der Waals surface area (Å²) in [5, 5.41) is 5.51. The number of benzene rings is 1. The molecule has 0 spiro atoms. The third kappa shape index (κ3) is 7.80. The van der Waals surface area contributed by atoms with Gasteiger partial charge in [0, 0.05) is 0 Å². The summed E-state index contributed by atoms with van der Waals surface area (Å²) in [5.74, 6) is -3.09. The molecule has 3 rings (SSSR count). The first-order chi connectivity index (χ1) is 21.3. The number of esters is 1. The summed E-state index contributed by atoms with van der Waals surface area (Å²) < 4.78 is 22.4. The summed E-state index contributed by atoms with van der Waals surface area (Å²) in [6.45, 7) is 17.1. The van der Waals surface area contributed by atoms with Crippen LogP contribution < -0.4 is 10.6 Å². The molecule has 1 aromatic carbocycles. The van der Waals surface area contributed by atoms with E-state index in [9.17, 15) is 24.0 Å². The third-order valence-electron chi connectivity index (χ3n) is 8.39. The Labute approximate surface area is 271 Å². The first-order valence-electron chi connectivity index (χ1n) is 15.7. The van der Waals surface area contributed by atoms with Crippen LogP contribution in [0, 0.1) is 11.8 Å². The molecule has 2 aliphatic rings. The van der Waals surface area contributed by atoms with Gasteiger partial charge in [0.1, 0.15) is 36.2 Å². The topological polar surface area (TPSA) is 153 Å². The summed E-state index contributed by atoms with van der Waals surface area (Å²) in [6, 6.07) is 4.86. The minimum atomic E-state index is -1.23. The Kier molecular flexibility index (Phi) is 11.5. The summed E-state index contributed by atoms with van der Waals surface area (Å²) in [5.41, 5.74) is -1.60. The van der Waals surface area contributed by atoms with Gasteiger partial charge in [-0.1, -0.05) is 58.0 Å². The van der Waals surface area contributed by atoms with Crippen molar-refractivity contribution in [1.82, 2.24) is 20.4 Å². The smallest absolute Gasteiger partial charge is 0.408 e. The lowest BCUT2D eigenvalue weighted by molar-refractivity contribution is -0.160. The van der Waals surface area contributed by atoms with Gasteiger partial charge < -0.3 is 29.6 Å². The van der Waals surface area contributed by atoms with E-state index >= 15 is 0 Å². The molecule has 2 N–H and O–H groups in total. The van der Waals surface area contributed by atoms with Crippen LogP contribution in [0.5, 0.6) is 0 Å². The van der Waals surface area contributed by atoms with Crippen molar-refractivity contribution in [2.75, 3.05) is 7.11 Å². The number of rotatable bonds is 10. The summed E-state index contributed by atoms with van der Waals surface area (Å²) >= 11 is 0. The monoisotopic (exact) mass is 646 g/mol. The SMILES string of the molecule is COC(=O)[C@@H]1[C@@H](C)OC(C)(C)N1C(=O)[C@@H](NC(=O)[C@@H]1[C@@H](C)OC(C)(C)N1C(=O)[C@@H](NC(=O)OCc1ccccc1)C(C)C)C(C)C. The molecular weight excluding hydrogens is 596 g/mol. The largest absolute Gasteiger partial charge is 0.467 e. The lowest BCUT2D eigenvalue weighted by Gasteiger charge is -2.38. The van der Waals surface area contributed by atoms with Crippen molar-refractivity contribution in [1.29, 1.82) is 0 Å². The van der Waals surface area contributed by atoms with Crippen LogP contribution in [0.2, 0.25) is 0 Å². The molecule has 0 bridgehead atoms. The molecule has 0 saturated carbocycles. The molecule has 0 unspecified atom stereocenters. The van der Waals surface area contributed by atoms with Crippen molar-refractivity contribution < 1.29 is 42.9 Å². The highest BCUT2D eigenvalue weighted by Crippen LogP contribution is 2.36. The first kappa shape index (κ1) is 36.8. The maximum atomic E-state index is 14.2. The number of hydrogen-bond acceptors (Lipinski definition) is 9. The van der Waals surface area contributed by atoms with Gasteiger partial charge in [-0.3, -0.25) is 24.2 Å². The van der Waals surface area contributed by atoms with Crippen LogP contribution in [0.3, 0.4) is 0 Å². The molecule has 0 aliphatic carbocycles. The molecule has 2 heterocycles. The van der Waals surface area contributed by atoms with Crippen molar-refractivity contribution in [2.24, 2.45) is 11.8 Å². The number of ether oxygens (including phenoxy) is 4. The Morgan fingerprint density at radius 3 is 1.72 bits per heavy atom. The Hall–Kier alpha value is -3.71. The highest BCUT2D eigenvalue weighted by atomic mass is 16.6. The molecule has 0 aromatic heterocycles. The molecule has 256 valence electrons. The molecule has 6 atom stereocenters. The average Bonchev–Trinajstić information content (AvgIpc) is 3.37. The standard InChI is InChI=1S/C33H50N4O9/c1-18(2)23(28(39)37-26(30(41)43-11)21(6)46-33(37,9)10)34-27(38)25-20(5)45-32(7,8)36(25)29(40)24(19(3)4)35-31(42)44-17-22-15-13-12-14-16-22/h12-16,18-21,23-26H,17H2,1-11H3,(H,34,38)(H,35,42)/t20-,21-,23+,24+,25+,26+/m1/s1. The van der Waals surface area contributed by atoms with Crippen LogP contribution in [0.4, 0.5) is 4.79 Å². The second-order valence-corrected chi connectivity index (χ2v) is 13.5. The molecule has 2 saturated heterocycles. The third-order valence-corrected chi connectivity index (χ3v) is 8.39. The van der Waals surface area contributed by atoms with E-state index < -0.39 is 83.5 Å². The average molecular weight is 647 g/mol. The lowest BCUT2D eigenvalue weighted by atomic mass is 9.97. The van der Waals surface area contributed by atoms with Crippen LogP contribution in [-0.4, -0.2) is 94.5 Å². The van der Waals surface area contributed by atoms with Gasteiger partial charge in [-0.25, -0.2) is 9.59 Å². The fourth-order valence-electron chi connectivity index (χ4n) is 6.25. The molecule has 2 aliphatic heterocycles. The van der Waals surface area contributed by atoms with Crippen molar-refractivity contribution in [3.63, 3.8) is 0 Å². The van der Waals surface area contributed by atoms with Gasteiger partial charge >= 0.3 is 12.1 Å². The molecule has 13 nitrogen and oxygen atoms in total. The number of alkyl carbamates (subject to hydrolysis) is 1. The number of carbonyl (C=O) groups excluding carboxylic acids is 5. The minimum absolute atomic E-state index is 0.0190. The molecule has 2 fully saturated rings. The summed E-state index contributed by atoms with van der Waals surface area (Å²) in [4.78, 5) is 70.4. The van der Waals surface area contributed by atoms with E-state index in [2.05, 4.69) is 10.6 Å². The van der Waals surface area contributed by atoms with Crippen molar-refractivity contribution >= 4 is 29.8 Å². The Morgan fingerprint density at radius 1 is 0.783 bits per heavy atom. The van der Waals surface area contributed by atoms with Gasteiger partial charge in [0.25, 0.3) is 0 Å². The number of methoxy groups -OCH3 is 1. The fraction of sp³-hybridized carbons (Fsp3) is 0.667. The van der Waals surface area contributed by atoms with Gasteiger partial charge in [-0.15, -0.1) is 0 Å². The van der Waals surface area contributed by atoms with Crippen molar-refractivity contribution in [3.8, 4) is 0 Å².